The lowest BCUT2D eigenvalue weighted by molar-refractivity contribution is 0.00791. The molecule has 10 heteroatoms. The van der Waals surface area contributed by atoms with Gasteiger partial charge in [-0.1, -0.05) is 18.3 Å². The lowest BCUT2D eigenvalue weighted by Gasteiger charge is -2.39. The zero-order valence-electron chi connectivity index (χ0n) is 19.8. The van der Waals surface area contributed by atoms with Gasteiger partial charge in [0.05, 0.1) is 30.1 Å². The molecular formula is C23H34N8OS. The third-order valence-electron chi connectivity index (χ3n) is 6.59. The molecule has 0 unspecified atom stereocenters. The number of hydrogen-bond donors (Lipinski definition) is 2. The molecule has 0 radical (unpaired) electrons. The molecule has 5 rings (SSSR count). The number of aryl methyl sites for hydroxylation is 1. The predicted octanol–water partition coefficient (Wildman–Crippen LogP) is 4.23. The Kier molecular flexibility index (Phi) is 6.75. The topological polar surface area (TPSA) is 93.0 Å². The van der Waals surface area contributed by atoms with Gasteiger partial charge in [-0.05, 0) is 46.0 Å². The highest BCUT2D eigenvalue weighted by Gasteiger charge is 2.28. The lowest BCUT2D eigenvalue weighted by Crippen LogP contribution is -2.46. The standard InChI is InChI=1S/C23H34N8OS/c1-4-19-27-20-21(25-16-5-7-18(8-6-16)30-9-11-32-12-10-30)28-23(29-22(20)33-19)26-17-13-24-31(14-17)15(2)3/h13-16,18H,4-12H2,1-3H3,(H2,25,26,28,29)/t16-,18-. The zero-order chi connectivity index (χ0) is 22.8. The Labute approximate surface area is 199 Å². The van der Waals surface area contributed by atoms with Gasteiger partial charge in [0.15, 0.2) is 10.6 Å². The molecule has 9 nitrogen and oxygen atoms in total. The number of anilines is 3. The maximum absolute atomic E-state index is 5.52. The van der Waals surface area contributed by atoms with Gasteiger partial charge in [0, 0.05) is 37.4 Å². The van der Waals surface area contributed by atoms with Crippen molar-refractivity contribution >= 4 is 39.1 Å². The zero-order valence-corrected chi connectivity index (χ0v) is 20.6. The van der Waals surface area contributed by atoms with Crippen LogP contribution in [0, 0.1) is 0 Å². The third kappa shape index (κ3) is 5.12. The Bertz CT molecular complexity index is 1070. The second-order valence-electron chi connectivity index (χ2n) is 9.24. The molecule has 0 atom stereocenters. The van der Waals surface area contributed by atoms with Crippen molar-refractivity contribution in [2.24, 2.45) is 0 Å². The van der Waals surface area contributed by atoms with Crippen LogP contribution in [0.5, 0.6) is 0 Å². The number of morpholine rings is 1. The molecule has 0 spiro atoms. The summed E-state index contributed by atoms with van der Waals surface area (Å²) in [6.45, 7) is 10.2. The van der Waals surface area contributed by atoms with Crippen LogP contribution >= 0.6 is 11.3 Å². The van der Waals surface area contributed by atoms with E-state index in [1.165, 1.54) is 12.8 Å². The van der Waals surface area contributed by atoms with Crippen molar-refractivity contribution in [2.45, 2.75) is 71.0 Å². The van der Waals surface area contributed by atoms with Gasteiger partial charge in [-0.15, -0.1) is 0 Å². The second-order valence-corrected chi connectivity index (χ2v) is 10.3. The monoisotopic (exact) mass is 470 g/mol. The first-order chi connectivity index (χ1) is 16.1. The van der Waals surface area contributed by atoms with Crippen molar-refractivity contribution < 1.29 is 4.74 Å². The van der Waals surface area contributed by atoms with E-state index in [0.717, 1.165) is 72.4 Å². The van der Waals surface area contributed by atoms with Gasteiger partial charge in [-0.25, -0.2) is 4.98 Å². The molecule has 0 amide bonds. The van der Waals surface area contributed by atoms with E-state index in [1.54, 1.807) is 11.3 Å². The minimum absolute atomic E-state index is 0.308. The van der Waals surface area contributed by atoms with Crippen molar-refractivity contribution in [3.05, 3.63) is 17.4 Å². The van der Waals surface area contributed by atoms with Gasteiger partial charge in [0.1, 0.15) is 5.52 Å². The van der Waals surface area contributed by atoms with E-state index < -0.39 is 0 Å². The van der Waals surface area contributed by atoms with E-state index in [2.05, 4.69) is 41.4 Å². The van der Waals surface area contributed by atoms with E-state index in [1.807, 2.05) is 17.1 Å². The smallest absolute Gasteiger partial charge is 0.230 e. The van der Waals surface area contributed by atoms with Crippen molar-refractivity contribution in [3.63, 3.8) is 0 Å². The van der Waals surface area contributed by atoms with E-state index in [9.17, 15) is 0 Å². The molecule has 3 aromatic heterocycles. The number of nitrogens with one attached hydrogen (secondary N) is 2. The van der Waals surface area contributed by atoms with E-state index in [-0.39, 0.29) is 0 Å². The molecule has 1 saturated heterocycles. The van der Waals surface area contributed by atoms with Crippen LogP contribution in [0.3, 0.4) is 0 Å². The SMILES string of the molecule is CCc1nc2c(N[C@H]3CC[C@H](N4CCOCC4)CC3)nc(Nc3cnn(C(C)C)c3)nc2s1. The number of nitrogens with zero attached hydrogens (tertiary/aromatic N) is 6. The minimum Gasteiger partial charge on any atom is -0.379 e. The average molecular weight is 471 g/mol. The number of fused-ring (bicyclic) bond motifs is 1. The Morgan fingerprint density at radius 2 is 1.91 bits per heavy atom. The summed E-state index contributed by atoms with van der Waals surface area (Å²) in [4.78, 5) is 18.0. The van der Waals surface area contributed by atoms with Crippen molar-refractivity contribution in [1.29, 1.82) is 0 Å². The van der Waals surface area contributed by atoms with Crippen molar-refractivity contribution in [2.75, 3.05) is 36.9 Å². The van der Waals surface area contributed by atoms with Gasteiger partial charge in [-0.3, -0.25) is 9.58 Å². The molecule has 4 heterocycles. The van der Waals surface area contributed by atoms with E-state index >= 15 is 0 Å². The molecule has 2 N–H and O–H groups in total. The second kappa shape index (κ2) is 9.90. The van der Waals surface area contributed by atoms with Crippen LogP contribution in [-0.2, 0) is 11.2 Å². The predicted molar refractivity (Wildman–Crippen MR) is 133 cm³/mol. The number of rotatable bonds is 7. The summed E-state index contributed by atoms with van der Waals surface area (Å²) in [7, 11) is 0. The van der Waals surface area contributed by atoms with E-state index in [4.69, 9.17) is 19.7 Å². The normalized spacial score (nSPS) is 22.2. The number of hydrogen-bond acceptors (Lipinski definition) is 9. The maximum atomic E-state index is 5.52. The van der Waals surface area contributed by atoms with Crippen LogP contribution < -0.4 is 10.6 Å². The van der Waals surface area contributed by atoms with Crippen LogP contribution in [0.4, 0.5) is 17.5 Å². The summed E-state index contributed by atoms with van der Waals surface area (Å²) in [5.41, 5.74) is 1.77. The number of thiazole rings is 1. The fourth-order valence-corrected chi connectivity index (χ4v) is 5.58. The van der Waals surface area contributed by atoms with Crippen LogP contribution in [0.1, 0.15) is 57.5 Å². The maximum Gasteiger partial charge on any atom is 0.230 e. The molecule has 0 bridgehead atoms. The fourth-order valence-electron chi connectivity index (χ4n) is 4.71. The van der Waals surface area contributed by atoms with Crippen molar-refractivity contribution in [1.82, 2.24) is 29.6 Å². The summed E-state index contributed by atoms with van der Waals surface area (Å²) in [6.07, 6.45) is 9.41. The first-order valence-electron chi connectivity index (χ1n) is 12.2. The molecule has 3 aromatic rings. The van der Waals surface area contributed by atoms with Crippen LogP contribution in [-0.4, -0.2) is 68.0 Å². The Morgan fingerprint density at radius 1 is 1.12 bits per heavy atom. The van der Waals surface area contributed by atoms with Gasteiger partial charge >= 0.3 is 0 Å². The lowest BCUT2D eigenvalue weighted by atomic mass is 9.90. The number of aromatic nitrogens is 5. The summed E-state index contributed by atoms with van der Waals surface area (Å²) in [6, 6.07) is 1.39. The summed E-state index contributed by atoms with van der Waals surface area (Å²) in [5.74, 6) is 1.42. The molecule has 0 aromatic carbocycles. The summed E-state index contributed by atoms with van der Waals surface area (Å²) in [5, 5.41) is 12.6. The van der Waals surface area contributed by atoms with Gasteiger partial charge in [-0.2, -0.15) is 15.1 Å². The molecule has 1 aliphatic heterocycles. The summed E-state index contributed by atoms with van der Waals surface area (Å²) < 4.78 is 7.45. The van der Waals surface area contributed by atoms with Gasteiger partial charge < -0.3 is 15.4 Å². The average Bonchev–Trinajstić information content (AvgIpc) is 3.47. The fraction of sp³-hybridized carbons (Fsp3) is 0.652. The number of ether oxygens (including phenoxy) is 1. The highest BCUT2D eigenvalue weighted by atomic mass is 32.1. The van der Waals surface area contributed by atoms with Gasteiger partial charge in [0.25, 0.3) is 0 Å². The molecule has 1 aliphatic carbocycles. The first kappa shape index (κ1) is 22.5. The van der Waals surface area contributed by atoms with Gasteiger partial charge in [0.2, 0.25) is 5.95 Å². The molecule has 33 heavy (non-hydrogen) atoms. The Morgan fingerprint density at radius 3 is 2.61 bits per heavy atom. The molecule has 1 saturated carbocycles. The molecule has 178 valence electrons. The van der Waals surface area contributed by atoms with E-state index in [0.29, 0.717) is 24.1 Å². The quantitative estimate of drug-likeness (QED) is 0.530. The summed E-state index contributed by atoms with van der Waals surface area (Å²) >= 11 is 1.65. The Hall–Kier alpha value is -2.30. The van der Waals surface area contributed by atoms with Crippen molar-refractivity contribution in [3.8, 4) is 0 Å². The Balaban J connectivity index is 1.32. The highest BCUT2D eigenvalue weighted by Crippen LogP contribution is 2.31. The molecule has 2 fully saturated rings. The molecular weight excluding hydrogens is 436 g/mol. The minimum atomic E-state index is 0.308. The van der Waals surface area contributed by atoms with Crippen LogP contribution in [0.15, 0.2) is 12.4 Å². The highest BCUT2D eigenvalue weighted by molar-refractivity contribution is 7.18. The third-order valence-corrected chi connectivity index (χ3v) is 7.69. The molecule has 2 aliphatic rings. The first-order valence-corrected chi connectivity index (χ1v) is 13.0. The van der Waals surface area contributed by atoms with Crippen LogP contribution in [0.25, 0.3) is 10.3 Å². The van der Waals surface area contributed by atoms with Crippen LogP contribution in [0.2, 0.25) is 0 Å². The largest absolute Gasteiger partial charge is 0.379 e.